The van der Waals surface area contributed by atoms with Gasteiger partial charge in [0.25, 0.3) is 0 Å². The third kappa shape index (κ3) is 7.25. The van der Waals surface area contributed by atoms with E-state index in [1.807, 2.05) is 54.6 Å². The predicted octanol–water partition coefficient (Wildman–Crippen LogP) is 5.31. The zero-order valence-corrected chi connectivity index (χ0v) is 18.4. The lowest BCUT2D eigenvalue weighted by Gasteiger charge is -2.11. The quantitative estimate of drug-likeness (QED) is 0.359. The van der Waals surface area contributed by atoms with Crippen LogP contribution in [0.4, 0.5) is 10.2 Å². The van der Waals surface area contributed by atoms with Crippen LogP contribution in [0, 0.1) is 5.82 Å². The number of methoxy groups -OCH3 is 1. The number of thioether (sulfide) groups is 1. The highest BCUT2D eigenvalue weighted by Crippen LogP contribution is 2.19. The van der Waals surface area contributed by atoms with Crippen molar-refractivity contribution in [3.63, 3.8) is 0 Å². The van der Waals surface area contributed by atoms with E-state index in [1.165, 1.54) is 11.8 Å². The molecule has 31 heavy (non-hydrogen) atoms. The fourth-order valence-corrected chi connectivity index (χ4v) is 3.31. The summed E-state index contributed by atoms with van der Waals surface area (Å²) in [7, 11) is 1.61. The molecule has 0 fully saturated rings. The van der Waals surface area contributed by atoms with Crippen molar-refractivity contribution < 1.29 is 13.9 Å². The first-order chi connectivity index (χ1) is 15.2. The van der Waals surface area contributed by atoms with Gasteiger partial charge in [0.15, 0.2) is 16.8 Å². The van der Waals surface area contributed by atoms with Crippen LogP contribution in [0.15, 0.2) is 65.8 Å². The molecule has 8 heteroatoms. The maximum atomic E-state index is 14.4. The molecule has 0 radical (unpaired) electrons. The highest BCUT2D eigenvalue weighted by atomic mass is 32.2. The van der Waals surface area contributed by atoms with E-state index < -0.39 is 5.82 Å². The molecule has 6 nitrogen and oxygen atoms in total. The number of rotatable bonds is 9. The number of hydrogen-bond donors (Lipinski definition) is 1. The van der Waals surface area contributed by atoms with Crippen LogP contribution in [0.1, 0.15) is 24.5 Å². The van der Waals surface area contributed by atoms with E-state index >= 15 is 0 Å². The van der Waals surface area contributed by atoms with Crippen LogP contribution in [0.2, 0.25) is 0 Å². The van der Waals surface area contributed by atoms with Crippen LogP contribution in [0.5, 0.6) is 11.8 Å². The Morgan fingerprint density at radius 1 is 1.13 bits per heavy atom. The predicted molar refractivity (Wildman–Crippen MR) is 123 cm³/mol. The summed E-state index contributed by atoms with van der Waals surface area (Å²) in [5.41, 5.74) is 1.97. The number of amidine groups is 1. The van der Waals surface area contributed by atoms with Crippen molar-refractivity contribution in [2.75, 3.05) is 18.2 Å². The number of aliphatic imine (C=N–C) groups is 1. The Morgan fingerprint density at radius 2 is 1.94 bits per heavy atom. The Bertz CT molecular complexity index is 1000. The molecule has 0 aliphatic heterocycles. The first kappa shape index (κ1) is 22.6. The molecule has 0 aliphatic rings. The standard InChI is InChI=1S/C23H25FN4O2S/c1-3-12-31-23(26-14-17-8-5-4-6-9-17)28-21-20(24)15-25-22(27-21)30-16-18-10-7-11-19(13-18)29-2/h4-11,13,15H,3,12,14,16H2,1-2H3,(H,25,26,27,28). The van der Waals surface area contributed by atoms with Gasteiger partial charge in [-0.2, -0.15) is 4.98 Å². The van der Waals surface area contributed by atoms with Gasteiger partial charge in [-0.05, 0) is 29.7 Å². The van der Waals surface area contributed by atoms with Crippen molar-refractivity contribution in [1.82, 2.24) is 9.97 Å². The lowest BCUT2D eigenvalue weighted by atomic mass is 10.2. The van der Waals surface area contributed by atoms with Crippen molar-refractivity contribution in [3.8, 4) is 11.8 Å². The minimum atomic E-state index is -0.571. The number of halogens is 1. The van der Waals surface area contributed by atoms with Crippen molar-refractivity contribution in [2.24, 2.45) is 4.99 Å². The van der Waals surface area contributed by atoms with Crippen molar-refractivity contribution in [1.29, 1.82) is 0 Å². The fraction of sp³-hybridized carbons (Fsp3) is 0.261. The average Bonchev–Trinajstić information content (AvgIpc) is 2.82. The number of ether oxygens (including phenoxy) is 2. The van der Waals surface area contributed by atoms with Gasteiger partial charge in [0.2, 0.25) is 0 Å². The molecule has 3 aromatic rings. The molecule has 1 N–H and O–H groups in total. The van der Waals surface area contributed by atoms with E-state index in [0.29, 0.717) is 11.7 Å². The van der Waals surface area contributed by atoms with Crippen LogP contribution in [0.25, 0.3) is 0 Å². The lowest BCUT2D eigenvalue weighted by Crippen LogP contribution is -2.13. The Hall–Kier alpha value is -3.13. The van der Waals surface area contributed by atoms with Gasteiger partial charge in [-0.15, -0.1) is 0 Å². The van der Waals surface area contributed by atoms with Gasteiger partial charge >= 0.3 is 6.01 Å². The van der Waals surface area contributed by atoms with Crippen molar-refractivity contribution in [3.05, 3.63) is 77.7 Å². The smallest absolute Gasteiger partial charge is 0.318 e. The van der Waals surface area contributed by atoms with E-state index in [-0.39, 0.29) is 18.4 Å². The minimum Gasteiger partial charge on any atom is -0.497 e. The molecular weight excluding hydrogens is 415 g/mol. The second-order valence-electron chi connectivity index (χ2n) is 6.57. The molecule has 162 valence electrons. The van der Waals surface area contributed by atoms with Crippen LogP contribution in [-0.4, -0.2) is 28.0 Å². The maximum Gasteiger partial charge on any atom is 0.318 e. The van der Waals surface area contributed by atoms with E-state index in [4.69, 9.17) is 9.47 Å². The summed E-state index contributed by atoms with van der Waals surface area (Å²) >= 11 is 1.52. The summed E-state index contributed by atoms with van der Waals surface area (Å²) < 4.78 is 25.2. The summed E-state index contributed by atoms with van der Waals surface area (Å²) in [5, 5.41) is 3.60. The molecule has 0 saturated carbocycles. The molecule has 1 aromatic heterocycles. The van der Waals surface area contributed by atoms with E-state index in [2.05, 4.69) is 27.2 Å². The van der Waals surface area contributed by atoms with Gasteiger partial charge in [-0.1, -0.05) is 61.2 Å². The number of hydrogen-bond acceptors (Lipinski definition) is 6. The number of aromatic nitrogens is 2. The SMILES string of the molecule is CCCS/C(=N\Cc1ccccc1)Nc1nc(OCc2cccc(OC)c2)ncc1F. The summed E-state index contributed by atoms with van der Waals surface area (Å²) in [6.07, 6.45) is 2.06. The minimum absolute atomic E-state index is 0.0334. The Balaban J connectivity index is 1.70. The molecule has 0 atom stereocenters. The topological polar surface area (TPSA) is 68.6 Å². The molecule has 0 saturated heterocycles. The van der Waals surface area contributed by atoms with Crippen molar-refractivity contribution >= 4 is 22.7 Å². The number of nitrogens with one attached hydrogen (secondary N) is 1. The largest absolute Gasteiger partial charge is 0.497 e. The average molecular weight is 441 g/mol. The second kappa shape index (κ2) is 11.9. The van der Waals surface area contributed by atoms with Gasteiger partial charge in [0.05, 0.1) is 19.9 Å². The van der Waals surface area contributed by atoms with Crippen LogP contribution < -0.4 is 14.8 Å². The first-order valence-electron chi connectivity index (χ1n) is 9.94. The van der Waals surface area contributed by atoms with Crippen LogP contribution in [0.3, 0.4) is 0 Å². The summed E-state index contributed by atoms with van der Waals surface area (Å²) in [4.78, 5) is 12.7. The second-order valence-corrected chi connectivity index (χ2v) is 7.65. The van der Waals surface area contributed by atoms with Crippen LogP contribution >= 0.6 is 11.8 Å². The fourth-order valence-electron chi connectivity index (χ4n) is 2.59. The lowest BCUT2D eigenvalue weighted by molar-refractivity contribution is 0.279. The monoisotopic (exact) mass is 440 g/mol. The van der Waals surface area contributed by atoms with Gasteiger partial charge < -0.3 is 14.8 Å². The zero-order valence-electron chi connectivity index (χ0n) is 17.5. The first-order valence-corrected chi connectivity index (χ1v) is 10.9. The van der Waals surface area contributed by atoms with Crippen molar-refractivity contribution in [2.45, 2.75) is 26.5 Å². The number of benzene rings is 2. The third-order valence-corrected chi connectivity index (χ3v) is 5.26. The number of anilines is 1. The molecule has 2 aromatic carbocycles. The van der Waals surface area contributed by atoms with E-state index in [9.17, 15) is 4.39 Å². The molecular formula is C23H25FN4O2S. The van der Waals surface area contributed by atoms with Gasteiger partial charge in [0, 0.05) is 5.75 Å². The van der Waals surface area contributed by atoms with Gasteiger partial charge in [0.1, 0.15) is 12.4 Å². The highest BCUT2D eigenvalue weighted by molar-refractivity contribution is 8.14. The summed E-state index contributed by atoms with van der Waals surface area (Å²) in [5.74, 6) is 1.05. The highest BCUT2D eigenvalue weighted by Gasteiger charge is 2.11. The molecule has 1 heterocycles. The molecule has 3 rings (SSSR count). The molecule has 0 aliphatic carbocycles. The molecule has 0 spiro atoms. The van der Waals surface area contributed by atoms with Crippen LogP contribution in [-0.2, 0) is 13.2 Å². The van der Waals surface area contributed by atoms with Gasteiger partial charge in [-0.3, -0.25) is 4.99 Å². The summed E-state index contributed by atoms with van der Waals surface area (Å²) in [6, 6.07) is 17.5. The van der Waals surface area contributed by atoms with Gasteiger partial charge in [-0.25, -0.2) is 9.37 Å². The third-order valence-electron chi connectivity index (χ3n) is 4.14. The molecule has 0 unspecified atom stereocenters. The molecule has 0 bridgehead atoms. The summed E-state index contributed by atoms with van der Waals surface area (Å²) in [6.45, 7) is 2.81. The normalized spacial score (nSPS) is 11.3. The van der Waals surface area contributed by atoms with E-state index in [0.717, 1.165) is 35.2 Å². The zero-order chi connectivity index (χ0) is 21.9. The maximum absolute atomic E-state index is 14.4. The Labute approximate surface area is 186 Å². The number of nitrogens with zero attached hydrogens (tertiary/aromatic N) is 3. The molecule has 0 amide bonds. The Morgan fingerprint density at radius 3 is 2.71 bits per heavy atom. The Kier molecular flexibility index (Phi) is 8.66. The van der Waals surface area contributed by atoms with E-state index in [1.54, 1.807) is 7.11 Å².